The Labute approximate surface area is 172 Å². The van der Waals surface area contributed by atoms with Crippen molar-refractivity contribution in [1.82, 2.24) is 9.97 Å². The van der Waals surface area contributed by atoms with Crippen molar-refractivity contribution >= 4 is 17.4 Å². The van der Waals surface area contributed by atoms with Crippen LogP contribution >= 0.6 is 0 Å². The quantitative estimate of drug-likeness (QED) is 0.749. The Morgan fingerprint density at radius 1 is 1.17 bits per heavy atom. The highest BCUT2D eigenvalue weighted by Crippen LogP contribution is 2.37. The van der Waals surface area contributed by atoms with Gasteiger partial charge in [-0.3, -0.25) is 4.79 Å². The van der Waals surface area contributed by atoms with E-state index >= 15 is 0 Å². The third-order valence-electron chi connectivity index (χ3n) is 5.91. The summed E-state index contributed by atoms with van der Waals surface area (Å²) in [6, 6.07) is 1.41. The van der Waals surface area contributed by atoms with Crippen LogP contribution in [-0.4, -0.2) is 35.6 Å². The summed E-state index contributed by atoms with van der Waals surface area (Å²) in [6.07, 6.45) is 2.48. The van der Waals surface area contributed by atoms with E-state index in [1.807, 2.05) is 25.8 Å². The molecule has 1 fully saturated rings. The maximum atomic E-state index is 13.3. The Kier molecular flexibility index (Phi) is 5.29. The molecule has 2 aromatic rings. The van der Waals surface area contributed by atoms with Crippen LogP contribution in [0.25, 0.3) is 0 Å². The smallest absolute Gasteiger partial charge is 0.246 e. The molecule has 4 rings (SSSR count). The molecule has 0 radical (unpaired) electrons. The van der Waals surface area contributed by atoms with E-state index in [1.54, 1.807) is 0 Å². The zero-order valence-electron chi connectivity index (χ0n) is 17.0. The largest absolute Gasteiger partial charge is 0.493 e. The number of likely N-dealkylation sites (N-methyl/N-ethyl adjacent to an activating group) is 1. The van der Waals surface area contributed by atoms with Crippen LogP contribution in [0.15, 0.2) is 12.1 Å². The van der Waals surface area contributed by atoms with E-state index in [0.717, 1.165) is 42.3 Å². The predicted octanol–water partition coefficient (Wildman–Crippen LogP) is 3.63. The summed E-state index contributed by atoms with van der Waals surface area (Å²) in [6.45, 7) is 3.99. The van der Waals surface area contributed by atoms with E-state index in [-0.39, 0.29) is 23.6 Å². The number of aromatic nitrogens is 2. The zero-order valence-corrected chi connectivity index (χ0v) is 17.0. The molecule has 1 amide bonds. The minimum absolute atomic E-state index is 0.0114. The number of hydrogen-bond donors (Lipinski definition) is 1. The summed E-state index contributed by atoms with van der Waals surface area (Å²) in [5.41, 5.74) is 1.39. The van der Waals surface area contributed by atoms with Crippen LogP contribution in [0.5, 0.6) is 5.75 Å². The van der Waals surface area contributed by atoms with Crippen molar-refractivity contribution in [2.45, 2.75) is 39.2 Å². The Morgan fingerprint density at radius 3 is 2.50 bits per heavy atom. The number of anilines is 2. The number of fused-ring (bicyclic) bond motifs is 1. The lowest BCUT2D eigenvalue weighted by molar-refractivity contribution is -0.117. The van der Waals surface area contributed by atoms with Crippen molar-refractivity contribution in [2.75, 3.05) is 23.9 Å². The van der Waals surface area contributed by atoms with E-state index in [0.29, 0.717) is 24.6 Å². The summed E-state index contributed by atoms with van der Waals surface area (Å²) >= 11 is 0. The molecule has 0 unspecified atom stereocenters. The van der Waals surface area contributed by atoms with Gasteiger partial charge in [-0.2, -0.15) is 0 Å². The molecular formula is C21H23F3N4O2. The van der Waals surface area contributed by atoms with E-state index in [4.69, 9.17) is 4.74 Å². The number of nitrogens with zero attached hydrogens (tertiary/aromatic N) is 3. The molecule has 1 atom stereocenters. The Bertz CT molecular complexity index is 971. The van der Waals surface area contributed by atoms with Crippen molar-refractivity contribution in [3.05, 3.63) is 41.1 Å². The molecule has 1 N–H and O–H groups in total. The molecule has 1 aliphatic heterocycles. The molecule has 0 saturated heterocycles. The number of ether oxygens (including phenoxy) is 1. The fraction of sp³-hybridized carbons (Fsp3) is 0.476. The molecule has 0 bridgehead atoms. The van der Waals surface area contributed by atoms with Gasteiger partial charge in [0.25, 0.3) is 0 Å². The summed E-state index contributed by atoms with van der Waals surface area (Å²) in [5.74, 6) is -2.00. The maximum absolute atomic E-state index is 13.3. The van der Waals surface area contributed by atoms with Gasteiger partial charge in [-0.15, -0.1) is 0 Å². The first kappa shape index (κ1) is 20.4. The molecule has 0 spiro atoms. The van der Waals surface area contributed by atoms with E-state index < -0.39 is 17.5 Å². The number of nitrogens with one attached hydrogen (secondary N) is 1. The second-order valence-corrected chi connectivity index (χ2v) is 8.12. The van der Waals surface area contributed by atoms with Gasteiger partial charge in [0.05, 0.1) is 12.3 Å². The van der Waals surface area contributed by atoms with Crippen molar-refractivity contribution in [3.8, 4) is 5.75 Å². The molecule has 2 aliphatic rings. The molecule has 1 aliphatic carbocycles. The van der Waals surface area contributed by atoms with Crippen LogP contribution in [0, 0.1) is 36.2 Å². The Morgan fingerprint density at radius 2 is 1.83 bits per heavy atom. The van der Waals surface area contributed by atoms with Gasteiger partial charge in [-0.1, -0.05) is 0 Å². The van der Waals surface area contributed by atoms with Crippen LogP contribution in [-0.2, 0) is 11.2 Å². The van der Waals surface area contributed by atoms with Gasteiger partial charge in [0.15, 0.2) is 23.3 Å². The lowest BCUT2D eigenvalue weighted by atomic mass is 9.73. The lowest BCUT2D eigenvalue weighted by Crippen LogP contribution is -2.45. The van der Waals surface area contributed by atoms with Gasteiger partial charge >= 0.3 is 0 Å². The van der Waals surface area contributed by atoms with Crippen LogP contribution in [0.1, 0.15) is 31.3 Å². The Balaban J connectivity index is 1.33. The van der Waals surface area contributed by atoms with Crippen molar-refractivity contribution in [1.29, 1.82) is 0 Å². The fourth-order valence-corrected chi connectivity index (χ4v) is 3.96. The van der Waals surface area contributed by atoms with Crippen molar-refractivity contribution in [3.63, 3.8) is 0 Å². The molecule has 6 nitrogen and oxygen atoms in total. The van der Waals surface area contributed by atoms with E-state index in [2.05, 4.69) is 15.3 Å². The summed E-state index contributed by atoms with van der Waals surface area (Å²) in [5, 5.41) is 2.87. The number of carbonyl (C=O) groups is 1. The predicted molar refractivity (Wildman–Crippen MR) is 105 cm³/mol. The molecule has 30 heavy (non-hydrogen) atoms. The highest BCUT2D eigenvalue weighted by molar-refractivity contribution is 6.02. The Hall–Kier alpha value is -2.84. The summed E-state index contributed by atoms with van der Waals surface area (Å²) in [4.78, 5) is 23.1. The number of carbonyl (C=O) groups excluding carboxylic acids is 1. The van der Waals surface area contributed by atoms with Gasteiger partial charge in [-0.25, -0.2) is 23.1 Å². The highest BCUT2D eigenvalue weighted by Gasteiger charge is 2.33. The molecule has 9 heteroatoms. The first-order chi connectivity index (χ1) is 14.2. The van der Waals surface area contributed by atoms with Crippen LogP contribution < -0.4 is 15.0 Å². The van der Waals surface area contributed by atoms with Crippen molar-refractivity contribution < 1.29 is 22.7 Å². The number of halogens is 3. The van der Waals surface area contributed by atoms with E-state index in [9.17, 15) is 18.0 Å². The average Bonchev–Trinajstić information content (AvgIpc) is 2.67. The van der Waals surface area contributed by atoms with Gasteiger partial charge in [0.1, 0.15) is 23.3 Å². The maximum Gasteiger partial charge on any atom is 0.246 e. The SMILES string of the molecule is Cc1nc(CC2CC(COc3cc(F)c(F)c(F)c3)C2)nc2c1NC(=O)[C@H](C)N2C. The van der Waals surface area contributed by atoms with Gasteiger partial charge in [-0.05, 0) is 38.5 Å². The topological polar surface area (TPSA) is 67.4 Å². The first-order valence-electron chi connectivity index (χ1n) is 9.91. The zero-order chi connectivity index (χ0) is 21.6. The number of amides is 1. The van der Waals surface area contributed by atoms with Gasteiger partial charge in [0, 0.05) is 25.6 Å². The first-order valence-corrected chi connectivity index (χ1v) is 9.91. The summed E-state index contributed by atoms with van der Waals surface area (Å²) < 4.78 is 44.9. The van der Waals surface area contributed by atoms with Crippen LogP contribution in [0.3, 0.4) is 0 Å². The van der Waals surface area contributed by atoms with Gasteiger partial charge in [0.2, 0.25) is 5.91 Å². The molecule has 1 aromatic heterocycles. The standard InChI is InChI=1S/C21H23F3N4O2/c1-10-19-20(28(3)11(2)21(29)27-19)26-17(25-10)6-12-4-13(5-12)9-30-14-7-15(22)18(24)16(23)8-14/h7-8,11-13H,4-6,9H2,1-3H3,(H,27,29)/t11-,12?,13?/m0/s1. The van der Waals surface area contributed by atoms with Crippen molar-refractivity contribution in [2.24, 2.45) is 11.8 Å². The number of hydrogen-bond acceptors (Lipinski definition) is 5. The number of aryl methyl sites for hydroxylation is 1. The molecule has 1 saturated carbocycles. The molecule has 2 heterocycles. The van der Waals surface area contributed by atoms with E-state index in [1.165, 1.54) is 0 Å². The molecular weight excluding hydrogens is 397 g/mol. The fourth-order valence-electron chi connectivity index (χ4n) is 3.96. The number of rotatable bonds is 5. The van der Waals surface area contributed by atoms with Crippen LogP contribution in [0.2, 0.25) is 0 Å². The normalized spacial score (nSPS) is 22.9. The second kappa shape index (κ2) is 7.77. The monoisotopic (exact) mass is 420 g/mol. The summed E-state index contributed by atoms with van der Waals surface area (Å²) in [7, 11) is 1.84. The highest BCUT2D eigenvalue weighted by atomic mass is 19.2. The molecule has 1 aromatic carbocycles. The number of benzene rings is 1. The third-order valence-corrected chi connectivity index (χ3v) is 5.91. The minimum Gasteiger partial charge on any atom is -0.493 e. The molecule has 160 valence electrons. The second-order valence-electron chi connectivity index (χ2n) is 8.12. The minimum atomic E-state index is -1.49. The van der Waals surface area contributed by atoms with Crippen LogP contribution in [0.4, 0.5) is 24.7 Å². The lowest BCUT2D eigenvalue weighted by Gasteiger charge is -2.36. The third kappa shape index (κ3) is 3.80. The average molecular weight is 420 g/mol. The van der Waals surface area contributed by atoms with Gasteiger partial charge < -0.3 is 15.0 Å².